The molecule has 0 spiro atoms. The number of hydrogen-bond donors (Lipinski definition) is 1. The molecular weight excluding hydrogens is 402 g/mol. The molecule has 0 aliphatic rings. The maximum absolute atomic E-state index is 12.4. The zero-order valence-electron chi connectivity index (χ0n) is 15.3. The molecule has 2 aromatic carbocycles. The van der Waals surface area contributed by atoms with Gasteiger partial charge in [-0.05, 0) is 60.0 Å². The minimum atomic E-state index is -0.171. The number of ether oxygens (including phenoxy) is 1. The first-order valence-electron chi connectivity index (χ1n) is 8.96. The van der Waals surface area contributed by atoms with Gasteiger partial charge in [0.2, 0.25) is 5.78 Å². The fourth-order valence-corrected chi connectivity index (χ4v) is 4.24. The number of carbonyl (C=O) groups excluding carboxylic acids is 2. The van der Waals surface area contributed by atoms with Crippen molar-refractivity contribution in [3.8, 4) is 11.5 Å². The number of ketones is 1. The van der Waals surface area contributed by atoms with Gasteiger partial charge in [0.05, 0.1) is 11.4 Å². The summed E-state index contributed by atoms with van der Waals surface area (Å²) < 4.78 is 5.74. The number of para-hydroxylation sites is 1. The van der Waals surface area contributed by atoms with Crippen molar-refractivity contribution in [1.82, 2.24) is 5.32 Å². The van der Waals surface area contributed by atoms with E-state index in [2.05, 4.69) is 5.32 Å². The number of nitrogens with one attached hydrogen (secondary N) is 1. The highest BCUT2D eigenvalue weighted by Gasteiger charge is 2.13. The second kappa shape index (κ2) is 8.86. The maximum Gasteiger partial charge on any atom is 0.251 e. The highest BCUT2D eigenvalue weighted by Crippen LogP contribution is 2.22. The Morgan fingerprint density at radius 3 is 2.31 bits per heavy atom. The lowest BCUT2D eigenvalue weighted by molar-refractivity contribution is 0.0950. The van der Waals surface area contributed by atoms with E-state index in [0.29, 0.717) is 28.3 Å². The fraction of sp³-hybridized carbons (Fsp3) is 0.0435. The van der Waals surface area contributed by atoms with Gasteiger partial charge in [-0.1, -0.05) is 18.2 Å². The van der Waals surface area contributed by atoms with E-state index < -0.39 is 0 Å². The van der Waals surface area contributed by atoms with Gasteiger partial charge in [-0.2, -0.15) is 11.3 Å². The van der Waals surface area contributed by atoms with Crippen molar-refractivity contribution >= 4 is 34.4 Å². The minimum Gasteiger partial charge on any atom is -0.457 e. The molecule has 0 aliphatic carbocycles. The van der Waals surface area contributed by atoms with Crippen LogP contribution >= 0.6 is 22.7 Å². The average Bonchev–Trinajstić information content (AvgIpc) is 3.45. The predicted octanol–water partition coefficient (Wildman–Crippen LogP) is 5.76. The summed E-state index contributed by atoms with van der Waals surface area (Å²) in [6.07, 6.45) is 0. The highest BCUT2D eigenvalue weighted by atomic mass is 32.1. The number of benzene rings is 2. The Kier molecular flexibility index (Phi) is 5.84. The molecule has 0 atom stereocenters. The Bertz CT molecular complexity index is 1100. The summed E-state index contributed by atoms with van der Waals surface area (Å²) in [6, 6.07) is 22.0. The quantitative estimate of drug-likeness (QED) is 0.387. The Morgan fingerprint density at radius 1 is 0.828 bits per heavy atom. The Labute approximate surface area is 176 Å². The third-order valence-corrected chi connectivity index (χ3v) is 5.95. The molecule has 0 saturated heterocycles. The fourth-order valence-electron chi connectivity index (χ4n) is 2.70. The average molecular weight is 420 g/mol. The van der Waals surface area contributed by atoms with E-state index in [1.807, 2.05) is 59.3 Å². The van der Waals surface area contributed by atoms with E-state index in [-0.39, 0.29) is 11.7 Å². The normalized spacial score (nSPS) is 10.5. The molecule has 2 heterocycles. The van der Waals surface area contributed by atoms with Crippen molar-refractivity contribution in [1.29, 1.82) is 0 Å². The lowest BCUT2D eigenvalue weighted by Crippen LogP contribution is -2.22. The van der Waals surface area contributed by atoms with Crippen LogP contribution in [0.15, 0.2) is 83.6 Å². The van der Waals surface area contributed by atoms with Gasteiger partial charge in [0.15, 0.2) is 0 Å². The molecule has 4 rings (SSSR count). The summed E-state index contributed by atoms with van der Waals surface area (Å²) in [7, 11) is 0. The van der Waals surface area contributed by atoms with Crippen LogP contribution in [0.3, 0.4) is 0 Å². The summed E-state index contributed by atoms with van der Waals surface area (Å²) in [4.78, 5) is 26.4. The molecule has 0 aliphatic heterocycles. The molecule has 29 heavy (non-hydrogen) atoms. The van der Waals surface area contributed by atoms with Gasteiger partial charge in [-0.25, -0.2) is 0 Å². The monoisotopic (exact) mass is 419 g/mol. The van der Waals surface area contributed by atoms with Crippen LogP contribution in [0.2, 0.25) is 0 Å². The molecule has 0 radical (unpaired) electrons. The second-order valence-corrected chi connectivity index (χ2v) is 8.18. The Balaban J connectivity index is 1.33. The molecule has 2 aromatic heterocycles. The number of thiophene rings is 2. The van der Waals surface area contributed by atoms with E-state index in [0.717, 1.165) is 10.6 Å². The van der Waals surface area contributed by atoms with Crippen LogP contribution in [-0.4, -0.2) is 11.7 Å². The largest absolute Gasteiger partial charge is 0.457 e. The maximum atomic E-state index is 12.4. The zero-order valence-corrected chi connectivity index (χ0v) is 17.0. The molecule has 144 valence electrons. The Hall–Kier alpha value is -3.22. The standard InChI is InChI=1S/C23H17NO3S2/c25-22(17-12-13-28-15-17)21-11-10-20(29-21)14-24-23(26)16-6-8-19(9-7-16)27-18-4-2-1-3-5-18/h1-13,15H,14H2,(H,24,26). The van der Waals surface area contributed by atoms with Crippen LogP contribution in [0.1, 0.15) is 30.5 Å². The SMILES string of the molecule is O=C(NCc1ccc(C(=O)c2ccsc2)s1)c1ccc(Oc2ccccc2)cc1. The van der Waals surface area contributed by atoms with Gasteiger partial charge >= 0.3 is 0 Å². The van der Waals surface area contributed by atoms with E-state index in [9.17, 15) is 9.59 Å². The molecule has 6 heteroatoms. The minimum absolute atomic E-state index is 0.0165. The smallest absolute Gasteiger partial charge is 0.251 e. The number of hydrogen-bond acceptors (Lipinski definition) is 5. The Morgan fingerprint density at radius 2 is 1.59 bits per heavy atom. The van der Waals surface area contributed by atoms with Gasteiger partial charge in [-0.15, -0.1) is 11.3 Å². The van der Waals surface area contributed by atoms with E-state index in [4.69, 9.17) is 4.74 Å². The summed E-state index contributed by atoms with van der Waals surface area (Å²) in [5.74, 6) is 1.26. The molecule has 0 unspecified atom stereocenters. The molecule has 0 saturated carbocycles. The van der Waals surface area contributed by atoms with Gasteiger partial charge in [-0.3, -0.25) is 9.59 Å². The predicted molar refractivity (Wildman–Crippen MR) is 116 cm³/mol. The molecule has 0 bridgehead atoms. The van der Waals surface area contributed by atoms with Crippen LogP contribution < -0.4 is 10.1 Å². The topological polar surface area (TPSA) is 55.4 Å². The van der Waals surface area contributed by atoms with Crippen LogP contribution in [0.4, 0.5) is 0 Å². The summed E-state index contributed by atoms with van der Waals surface area (Å²) in [6.45, 7) is 0.378. The van der Waals surface area contributed by atoms with Crippen molar-refractivity contribution in [2.75, 3.05) is 0 Å². The van der Waals surface area contributed by atoms with Gasteiger partial charge < -0.3 is 10.1 Å². The third-order valence-electron chi connectivity index (χ3n) is 4.19. The molecule has 1 N–H and O–H groups in total. The number of amides is 1. The van der Waals surface area contributed by atoms with Gasteiger partial charge in [0, 0.05) is 21.4 Å². The van der Waals surface area contributed by atoms with Crippen molar-refractivity contribution in [3.05, 3.63) is 104 Å². The van der Waals surface area contributed by atoms with Crippen LogP contribution in [0, 0.1) is 0 Å². The molecule has 1 amide bonds. The van der Waals surface area contributed by atoms with Gasteiger partial charge in [0.25, 0.3) is 5.91 Å². The number of rotatable bonds is 7. The van der Waals surface area contributed by atoms with Crippen LogP contribution in [0.5, 0.6) is 11.5 Å². The molecule has 4 nitrogen and oxygen atoms in total. The van der Waals surface area contributed by atoms with Crippen molar-refractivity contribution < 1.29 is 14.3 Å². The zero-order chi connectivity index (χ0) is 20.1. The van der Waals surface area contributed by atoms with Crippen molar-refractivity contribution in [2.24, 2.45) is 0 Å². The van der Waals surface area contributed by atoms with Crippen molar-refractivity contribution in [3.63, 3.8) is 0 Å². The van der Waals surface area contributed by atoms with Gasteiger partial charge in [0.1, 0.15) is 11.5 Å². The number of carbonyl (C=O) groups is 2. The second-order valence-electron chi connectivity index (χ2n) is 6.23. The van der Waals surface area contributed by atoms with E-state index in [1.54, 1.807) is 24.3 Å². The van der Waals surface area contributed by atoms with E-state index >= 15 is 0 Å². The summed E-state index contributed by atoms with van der Waals surface area (Å²) in [5.41, 5.74) is 1.25. The summed E-state index contributed by atoms with van der Waals surface area (Å²) >= 11 is 2.90. The first-order chi connectivity index (χ1) is 14.2. The van der Waals surface area contributed by atoms with E-state index in [1.165, 1.54) is 22.7 Å². The summed E-state index contributed by atoms with van der Waals surface area (Å²) in [5, 5.41) is 6.62. The highest BCUT2D eigenvalue weighted by molar-refractivity contribution is 7.14. The van der Waals surface area contributed by atoms with Crippen molar-refractivity contribution in [2.45, 2.75) is 6.54 Å². The lowest BCUT2D eigenvalue weighted by Gasteiger charge is -2.07. The molecule has 0 fully saturated rings. The third kappa shape index (κ3) is 4.80. The first kappa shape index (κ1) is 19.1. The van der Waals surface area contributed by atoms with Crippen LogP contribution in [-0.2, 0) is 6.54 Å². The lowest BCUT2D eigenvalue weighted by atomic mass is 10.2. The molecular formula is C23H17NO3S2. The first-order valence-corrected chi connectivity index (χ1v) is 10.7. The molecule has 4 aromatic rings. The van der Waals surface area contributed by atoms with Crippen LogP contribution in [0.25, 0.3) is 0 Å².